The van der Waals surface area contributed by atoms with Crippen molar-refractivity contribution in [1.82, 2.24) is 5.32 Å². The predicted molar refractivity (Wildman–Crippen MR) is 99.5 cm³/mol. The summed E-state index contributed by atoms with van der Waals surface area (Å²) in [6, 6.07) is 12.4. The molecule has 1 atom stereocenters. The summed E-state index contributed by atoms with van der Waals surface area (Å²) in [5, 5.41) is 7.08. The second-order valence-electron chi connectivity index (χ2n) is 5.12. The highest BCUT2D eigenvalue weighted by molar-refractivity contribution is 6.42. The van der Waals surface area contributed by atoms with Crippen LogP contribution in [0.4, 0.5) is 0 Å². The number of carbonyl (C=O) groups excluding carboxylic acids is 2. The van der Waals surface area contributed by atoms with Gasteiger partial charge in [0.2, 0.25) is 0 Å². The van der Waals surface area contributed by atoms with E-state index in [1.807, 2.05) is 0 Å². The predicted octanol–water partition coefficient (Wildman–Crippen LogP) is 3.47. The van der Waals surface area contributed by atoms with E-state index in [1.54, 1.807) is 48.5 Å². The number of hydrogen-bond acceptors (Lipinski definition) is 5. The van der Waals surface area contributed by atoms with Gasteiger partial charge in [-0.1, -0.05) is 52.6 Å². The quantitative estimate of drug-likeness (QED) is 0.443. The van der Waals surface area contributed by atoms with Crippen LogP contribution in [0.1, 0.15) is 15.9 Å². The van der Waals surface area contributed by atoms with E-state index >= 15 is 0 Å². The summed E-state index contributed by atoms with van der Waals surface area (Å²) >= 11 is 11.8. The molecule has 0 aliphatic carbocycles. The minimum absolute atomic E-state index is 0.119. The van der Waals surface area contributed by atoms with Gasteiger partial charge in [0.15, 0.2) is 6.04 Å². The Balaban J connectivity index is 1.96. The monoisotopic (exact) mass is 394 g/mol. The molecule has 0 aliphatic rings. The number of amides is 1. The maximum atomic E-state index is 12.2. The van der Waals surface area contributed by atoms with Gasteiger partial charge < -0.3 is 14.9 Å². The van der Waals surface area contributed by atoms with Gasteiger partial charge in [-0.05, 0) is 29.8 Å². The third-order valence-corrected chi connectivity index (χ3v) is 4.02. The molecular weight excluding hydrogens is 379 g/mol. The molecule has 136 valence electrons. The number of rotatable bonds is 7. The van der Waals surface area contributed by atoms with Crippen LogP contribution in [-0.2, 0) is 21.0 Å². The van der Waals surface area contributed by atoms with Gasteiger partial charge in [0, 0.05) is 5.56 Å². The van der Waals surface area contributed by atoms with Crippen molar-refractivity contribution in [3.05, 3.63) is 69.7 Å². The summed E-state index contributed by atoms with van der Waals surface area (Å²) in [5.41, 5.74) is 1.16. The Morgan fingerprint density at radius 1 is 1.15 bits per heavy atom. The van der Waals surface area contributed by atoms with E-state index in [9.17, 15) is 9.59 Å². The molecule has 0 bridgehead atoms. The average Bonchev–Trinajstić information content (AvgIpc) is 2.66. The van der Waals surface area contributed by atoms with Crippen molar-refractivity contribution in [3.63, 3.8) is 0 Å². The van der Waals surface area contributed by atoms with Crippen LogP contribution in [0.25, 0.3) is 0 Å². The maximum absolute atomic E-state index is 12.2. The lowest BCUT2D eigenvalue weighted by Gasteiger charge is -2.12. The Bertz CT molecular complexity index is 797. The van der Waals surface area contributed by atoms with Crippen LogP contribution in [0.5, 0.6) is 0 Å². The molecule has 0 saturated heterocycles. The van der Waals surface area contributed by atoms with Crippen molar-refractivity contribution in [3.8, 4) is 0 Å². The minimum atomic E-state index is -1.08. The zero-order valence-electron chi connectivity index (χ0n) is 13.8. The SMILES string of the molecule is COC(=O)C(/C=N\OCc1ccc(Cl)c(Cl)c1)NC(=O)c1ccccc1. The zero-order valence-corrected chi connectivity index (χ0v) is 15.3. The summed E-state index contributed by atoms with van der Waals surface area (Å²) in [6.45, 7) is 0.119. The molecule has 0 saturated carbocycles. The summed E-state index contributed by atoms with van der Waals surface area (Å²) in [5.74, 6) is -1.10. The second-order valence-corrected chi connectivity index (χ2v) is 5.93. The molecule has 1 N–H and O–H groups in total. The van der Waals surface area contributed by atoms with Crippen LogP contribution in [0.15, 0.2) is 53.7 Å². The molecule has 1 amide bonds. The molecule has 26 heavy (non-hydrogen) atoms. The van der Waals surface area contributed by atoms with Gasteiger partial charge in [-0.3, -0.25) is 4.79 Å². The van der Waals surface area contributed by atoms with E-state index in [-0.39, 0.29) is 6.61 Å². The number of benzene rings is 2. The molecule has 0 heterocycles. The lowest BCUT2D eigenvalue weighted by atomic mass is 10.2. The van der Waals surface area contributed by atoms with Gasteiger partial charge in [0.1, 0.15) is 6.61 Å². The number of oxime groups is 1. The highest BCUT2D eigenvalue weighted by Crippen LogP contribution is 2.22. The van der Waals surface area contributed by atoms with Gasteiger partial charge in [-0.15, -0.1) is 0 Å². The molecule has 0 aromatic heterocycles. The van der Waals surface area contributed by atoms with Gasteiger partial charge >= 0.3 is 5.97 Å². The number of carbonyl (C=O) groups is 2. The molecule has 0 fully saturated rings. The third kappa shape index (κ3) is 5.75. The van der Waals surface area contributed by atoms with E-state index in [0.29, 0.717) is 15.6 Å². The minimum Gasteiger partial charge on any atom is -0.467 e. The van der Waals surface area contributed by atoms with Crippen LogP contribution in [0.3, 0.4) is 0 Å². The van der Waals surface area contributed by atoms with Crippen LogP contribution >= 0.6 is 23.2 Å². The van der Waals surface area contributed by atoms with Gasteiger partial charge in [0.25, 0.3) is 5.91 Å². The molecule has 0 aliphatic heterocycles. The summed E-state index contributed by atoms with van der Waals surface area (Å²) in [4.78, 5) is 29.1. The topological polar surface area (TPSA) is 77.0 Å². The van der Waals surface area contributed by atoms with E-state index in [1.165, 1.54) is 7.11 Å². The molecule has 2 aromatic carbocycles. The molecule has 0 radical (unpaired) electrons. The summed E-state index contributed by atoms with van der Waals surface area (Å²) in [7, 11) is 1.22. The van der Waals surface area contributed by atoms with Crippen molar-refractivity contribution >= 4 is 41.3 Å². The highest BCUT2D eigenvalue weighted by Gasteiger charge is 2.20. The first-order valence-electron chi connectivity index (χ1n) is 7.54. The number of hydrogen-bond donors (Lipinski definition) is 1. The van der Waals surface area contributed by atoms with Crippen molar-refractivity contribution in [2.24, 2.45) is 5.16 Å². The first kappa shape index (κ1) is 19.8. The normalized spacial score (nSPS) is 11.8. The molecule has 2 rings (SSSR count). The van der Waals surface area contributed by atoms with Gasteiger partial charge in [-0.25, -0.2) is 4.79 Å². The van der Waals surface area contributed by atoms with Crippen LogP contribution in [-0.4, -0.2) is 31.2 Å². The number of ether oxygens (including phenoxy) is 1. The van der Waals surface area contributed by atoms with Crippen LogP contribution < -0.4 is 5.32 Å². The molecule has 2 aromatic rings. The van der Waals surface area contributed by atoms with Crippen molar-refractivity contribution in [2.45, 2.75) is 12.6 Å². The van der Waals surface area contributed by atoms with E-state index in [0.717, 1.165) is 11.8 Å². The first-order chi connectivity index (χ1) is 12.5. The van der Waals surface area contributed by atoms with E-state index in [2.05, 4.69) is 15.2 Å². The Kier molecular flexibility index (Phi) is 7.44. The Hall–Kier alpha value is -2.57. The summed E-state index contributed by atoms with van der Waals surface area (Å²) in [6.07, 6.45) is 1.16. The Morgan fingerprint density at radius 3 is 2.54 bits per heavy atom. The first-order valence-corrected chi connectivity index (χ1v) is 8.30. The smallest absolute Gasteiger partial charge is 0.334 e. The lowest BCUT2D eigenvalue weighted by Crippen LogP contribution is -2.42. The molecule has 6 nitrogen and oxygen atoms in total. The van der Waals surface area contributed by atoms with Crippen LogP contribution in [0.2, 0.25) is 10.0 Å². The van der Waals surface area contributed by atoms with E-state index < -0.39 is 17.9 Å². The second kappa shape index (κ2) is 9.79. The number of methoxy groups -OCH3 is 1. The fourth-order valence-corrected chi connectivity index (χ4v) is 2.26. The molecule has 0 spiro atoms. The van der Waals surface area contributed by atoms with Crippen molar-refractivity contribution in [1.29, 1.82) is 0 Å². The number of esters is 1. The fraction of sp³-hybridized carbons (Fsp3) is 0.167. The highest BCUT2D eigenvalue weighted by atomic mass is 35.5. The molecule has 1 unspecified atom stereocenters. The molecular formula is C18H16Cl2N2O4. The van der Waals surface area contributed by atoms with Crippen molar-refractivity contribution < 1.29 is 19.2 Å². The van der Waals surface area contributed by atoms with Crippen molar-refractivity contribution in [2.75, 3.05) is 7.11 Å². The largest absolute Gasteiger partial charge is 0.467 e. The number of halogens is 2. The van der Waals surface area contributed by atoms with Gasteiger partial charge in [0.05, 0.1) is 23.4 Å². The zero-order chi connectivity index (χ0) is 18.9. The Morgan fingerprint density at radius 2 is 1.88 bits per heavy atom. The van der Waals surface area contributed by atoms with Crippen LogP contribution in [0, 0.1) is 0 Å². The maximum Gasteiger partial charge on any atom is 0.334 e. The Labute approximate surface area is 160 Å². The van der Waals surface area contributed by atoms with E-state index in [4.69, 9.17) is 28.0 Å². The number of nitrogens with zero attached hydrogens (tertiary/aromatic N) is 1. The fourth-order valence-electron chi connectivity index (χ4n) is 1.94. The summed E-state index contributed by atoms with van der Waals surface area (Å²) < 4.78 is 4.66. The third-order valence-electron chi connectivity index (χ3n) is 3.28. The van der Waals surface area contributed by atoms with Gasteiger partial charge in [-0.2, -0.15) is 0 Å². The lowest BCUT2D eigenvalue weighted by molar-refractivity contribution is -0.140. The standard InChI is InChI=1S/C18H16Cl2N2O4/c1-25-18(24)16(22-17(23)13-5-3-2-4-6-13)10-21-26-11-12-7-8-14(19)15(20)9-12/h2-10,16H,11H2,1H3,(H,22,23)/b21-10-. The molecule has 8 heteroatoms. The number of nitrogens with one attached hydrogen (secondary N) is 1. The average molecular weight is 395 g/mol.